The molecule has 21 heavy (non-hydrogen) atoms. The largest absolute Gasteiger partial charge is 0.508 e. The molecule has 0 atom stereocenters. The van der Waals surface area contributed by atoms with E-state index in [1.807, 2.05) is 24.3 Å². The van der Waals surface area contributed by atoms with Crippen LogP contribution in [0.25, 0.3) is 0 Å². The average Bonchev–Trinajstić information content (AvgIpc) is 2.46. The fraction of sp³-hybridized carbons (Fsp3) is 0.188. The van der Waals surface area contributed by atoms with Gasteiger partial charge in [0.1, 0.15) is 17.2 Å². The van der Waals surface area contributed by atoms with E-state index in [0.717, 1.165) is 17.4 Å². The molecule has 0 aromatic heterocycles. The normalized spacial score (nSPS) is 10.2. The van der Waals surface area contributed by atoms with Crippen LogP contribution < -0.4 is 4.74 Å². The number of amides is 1. The Bertz CT molecular complexity index is 654. The monoisotopic (exact) mass is 287 g/mol. The number of benzene rings is 2. The fourth-order valence-electron chi connectivity index (χ4n) is 2.02. The van der Waals surface area contributed by atoms with Gasteiger partial charge in [0.15, 0.2) is 0 Å². The highest BCUT2D eigenvalue weighted by molar-refractivity contribution is 5.96. The van der Waals surface area contributed by atoms with Crippen LogP contribution in [0.15, 0.2) is 42.5 Å². The molecule has 5 nitrogen and oxygen atoms in total. The third-order valence-corrected chi connectivity index (χ3v) is 3.11. The predicted octanol–water partition coefficient (Wildman–Crippen LogP) is 2.38. The third kappa shape index (κ3) is 3.45. The Balaban J connectivity index is 2.15. The minimum Gasteiger partial charge on any atom is -0.508 e. The lowest BCUT2D eigenvalue weighted by atomic mass is 10.1. The van der Waals surface area contributed by atoms with E-state index in [2.05, 4.69) is 0 Å². The van der Waals surface area contributed by atoms with Crippen molar-refractivity contribution in [3.8, 4) is 17.2 Å². The number of hydrogen-bond acceptors (Lipinski definition) is 4. The quantitative estimate of drug-likeness (QED) is 0.905. The molecule has 2 N–H and O–H groups in total. The summed E-state index contributed by atoms with van der Waals surface area (Å²) >= 11 is 0. The molecule has 0 heterocycles. The van der Waals surface area contributed by atoms with Gasteiger partial charge >= 0.3 is 0 Å². The molecule has 1 amide bonds. The molecule has 0 saturated carbocycles. The third-order valence-electron chi connectivity index (χ3n) is 3.11. The van der Waals surface area contributed by atoms with Gasteiger partial charge in [-0.3, -0.25) is 4.79 Å². The SMILES string of the molecule is COc1cccc(CN(C)C(=O)c2ccc(O)cc2O)c1. The molecular weight excluding hydrogens is 270 g/mol. The molecular formula is C16H17NO4. The maximum atomic E-state index is 12.3. The summed E-state index contributed by atoms with van der Waals surface area (Å²) in [6.07, 6.45) is 0. The second-order valence-corrected chi connectivity index (χ2v) is 4.71. The van der Waals surface area contributed by atoms with E-state index in [-0.39, 0.29) is 23.0 Å². The van der Waals surface area contributed by atoms with Gasteiger partial charge in [-0.1, -0.05) is 12.1 Å². The van der Waals surface area contributed by atoms with E-state index in [9.17, 15) is 15.0 Å². The number of carbonyl (C=O) groups excluding carboxylic acids is 1. The number of methoxy groups -OCH3 is 1. The molecule has 0 radical (unpaired) electrons. The van der Waals surface area contributed by atoms with Crippen molar-refractivity contribution in [1.82, 2.24) is 4.90 Å². The van der Waals surface area contributed by atoms with E-state index >= 15 is 0 Å². The summed E-state index contributed by atoms with van der Waals surface area (Å²) in [7, 11) is 3.23. The minimum absolute atomic E-state index is 0.0838. The standard InChI is InChI=1S/C16H17NO4/c1-17(10-11-4-3-5-13(8-11)21-2)16(20)14-7-6-12(18)9-15(14)19/h3-9,18-19H,10H2,1-2H3. The molecule has 0 bridgehead atoms. The van der Waals surface area contributed by atoms with Gasteiger partial charge in [-0.2, -0.15) is 0 Å². The highest BCUT2D eigenvalue weighted by Crippen LogP contribution is 2.24. The van der Waals surface area contributed by atoms with Crippen molar-refractivity contribution in [3.05, 3.63) is 53.6 Å². The van der Waals surface area contributed by atoms with Crippen molar-refractivity contribution in [3.63, 3.8) is 0 Å². The molecule has 0 aliphatic heterocycles. The Morgan fingerprint density at radius 1 is 1.19 bits per heavy atom. The molecule has 110 valence electrons. The molecule has 0 saturated heterocycles. The van der Waals surface area contributed by atoms with Crippen LogP contribution in [0, 0.1) is 0 Å². The Kier molecular flexibility index (Phi) is 4.33. The Hall–Kier alpha value is -2.69. The molecule has 2 rings (SSSR count). The molecule has 0 unspecified atom stereocenters. The average molecular weight is 287 g/mol. The molecule has 0 fully saturated rings. The summed E-state index contributed by atoms with van der Waals surface area (Å²) in [5, 5.41) is 19.0. The maximum Gasteiger partial charge on any atom is 0.257 e. The van der Waals surface area contributed by atoms with Crippen molar-refractivity contribution in [1.29, 1.82) is 0 Å². The van der Waals surface area contributed by atoms with Crippen molar-refractivity contribution >= 4 is 5.91 Å². The van der Waals surface area contributed by atoms with Gasteiger partial charge in [-0.15, -0.1) is 0 Å². The second kappa shape index (κ2) is 6.17. The van der Waals surface area contributed by atoms with Crippen LogP contribution in [-0.2, 0) is 6.54 Å². The lowest BCUT2D eigenvalue weighted by Gasteiger charge is -2.18. The first-order chi connectivity index (χ1) is 10.0. The lowest BCUT2D eigenvalue weighted by molar-refractivity contribution is 0.0782. The summed E-state index contributed by atoms with van der Waals surface area (Å²) in [5.41, 5.74) is 1.07. The van der Waals surface area contributed by atoms with Crippen LogP contribution in [0.3, 0.4) is 0 Å². The van der Waals surface area contributed by atoms with Crippen LogP contribution in [0.5, 0.6) is 17.2 Å². The van der Waals surface area contributed by atoms with Gasteiger partial charge in [0.2, 0.25) is 0 Å². The number of aromatic hydroxyl groups is 2. The van der Waals surface area contributed by atoms with Crippen molar-refractivity contribution in [2.75, 3.05) is 14.2 Å². The van der Waals surface area contributed by atoms with Gasteiger partial charge in [0.05, 0.1) is 12.7 Å². The minimum atomic E-state index is -0.324. The first kappa shape index (κ1) is 14.7. The zero-order valence-electron chi connectivity index (χ0n) is 11.9. The van der Waals surface area contributed by atoms with Crippen molar-refractivity contribution in [2.45, 2.75) is 6.54 Å². The first-order valence-corrected chi connectivity index (χ1v) is 6.41. The summed E-state index contributed by atoms with van der Waals surface area (Å²) in [5.74, 6) is 0.0770. The lowest BCUT2D eigenvalue weighted by Crippen LogP contribution is -2.26. The molecule has 2 aromatic carbocycles. The second-order valence-electron chi connectivity index (χ2n) is 4.71. The Labute approximate surface area is 123 Å². The summed E-state index contributed by atoms with van der Waals surface area (Å²) < 4.78 is 5.14. The van der Waals surface area contributed by atoms with Crippen molar-refractivity contribution in [2.24, 2.45) is 0 Å². The number of rotatable bonds is 4. The van der Waals surface area contributed by atoms with Gasteiger partial charge in [0.25, 0.3) is 5.91 Å². The van der Waals surface area contributed by atoms with Crippen LogP contribution in [-0.4, -0.2) is 35.2 Å². The maximum absolute atomic E-state index is 12.3. The number of carbonyl (C=O) groups is 1. The molecule has 5 heteroatoms. The first-order valence-electron chi connectivity index (χ1n) is 6.41. The van der Waals surface area contributed by atoms with Crippen molar-refractivity contribution < 1.29 is 19.7 Å². The zero-order chi connectivity index (χ0) is 15.4. The van der Waals surface area contributed by atoms with Crippen LogP contribution in [0.2, 0.25) is 0 Å². The Morgan fingerprint density at radius 3 is 2.62 bits per heavy atom. The van der Waals surface area contributed by atoms with Gasteiger partial charge in [0, 0.05) is 19.7 Å². The molecule has 0 aliphatic carbocycles. The van der Waals surface area contributed by atoms with E-state index in [1.165, 1.54) is 17.0 Å². The predicted molar refractivity (Wildman–Crippen MR) is 78.6 cm³/mol. The zero-order valence-corrected chi connectivity index (χ0v) is 11.9. The van der Waals surface area contributed by atoms with E-state index in [0.29, 0.717) is 6.54 Å². The van der Waals surface area contributed by atoms with Gasteiger partial charge < -0.3 is 19.8 Å². The van der Waals surface area contributed by atoms with Crippen LogP contribution >= 0.6 is 0 Å². The number of ether oxygens (including phenoxy) is 1. The van der Waals surface area contributed by atoms with Gasteiger partial charge in [-0.05, 0) is 29.8 Å². The highest BCUT2D eigenvalue weighted by Gasteiger charge is 2.16. The number of phenols is 2. The van der Waals surface area contributed by atoms with E-state index < -0.39 is 0 Å². The number of nitrogens with zero attached hydrogens (tertiary/aromatic N) is 1. The summed E-state index contributed by atoms with van der Waals surface area (Å²) in [6.45, 7) is 0.385. The summed E-state index contributed by atoms with van der Waals surface area (Å²) in [4.78, 5) is 13.8. The van der Waals surface area contributed by atoms with Crippen LogP contribution in [0.4, 0.5) is 0 Å². The summed E-state index contributed by atoms with van der Waals surface area (Å²) in [6, 6.07) is 11.3. The number of phenolic OH excluding ortho intramolecular Hbond substituents is 2. The molecule has 2 aromatic rings. The molecule has 0 aliphatic rings. The molecule has 0 spiro atoms. The van der Waals surface area contributed by atoms with E-state index in [4.69, 9.17) is 4.74 Å². The van der Waals surface area contributed by atoms with Crippen LogP contribution in [0.1, 0.15) is 15.9 Å². The van der Waals surface area contributed by atoms with E-state index in [1.54, 1.807) is 14.2 Å². The smallest absolute Gasteiger partial charge is 0.257 e. The Morgan fingerprint density at radius 2 is 1.95 bits per heavy atom. The number of hydrogen-bond donors (Lipinski definition) is 2. The van der Waals surface area contributed by atoms with Gasteiger partial charge in [-0.25, -0.2) is 0 Å². The fourth-order valence-corrected chi connectivity index (χ4v) is 2.02. The highest BCUT2D eigenvalue weighted by atomic mass is 16.5. The topological polar surface area (TPSA) is 70.0 Å².